The van der Waals surface area contributed by atoms with Crippen LogP contribution in [-0.4, -0.2) is 115 Å². The molecule has 8 N–H and O–H groups in total. The van der Waals surface area contributed by atoms with Gasteiger partial charge in [-0.05, 0) is 0 Å². The normalized spacial score (nSPS) is 51.7. The molecule has 0 aromatic carbocycles. The van der Waals surface area contributed by atoms with Gasteiger partial charge in [0.2, 0.25) is 0 Å². The molecule has 0 bridgehead atoms. The van der Waals surface area contributed by atoms with Crippen molar-refractivity contribution in [2.75, 3.05) is 13.2 Å². The SMILES string of the molecule is OC[C@H]1OC(O)[C@@H](O[C@H]2O[C@H](CO)[C@@H](O)C(O)[C@@H]2O)[C@@H](O)[C@@H]1O. The molecule has 0 spiro atoms. The van der Waals surface area contributed by atoms with Gasteiger partial charge < -0.3 is 55.1 Å². The Bertz CT molecular complexity index is 380. The summed E-state index contributed by atoms with van der Waals surface area (Å²) in [6, 6.07) is 0. The number of rotatable bonds is 4. The molecule has 10 atom stereocenters. The molecule has 2 heterocycles. The molecular weight excluding hydrogens is 320 g/mol. The molecule has 2 rings (SSSR count). The van der Waals surface area contributed by atoms with Gasteiger partial charge in [0, 0.05) is 0 Å². The third-order valence-corrected chi connectivity index (χ3v) is 3.98. The Hall–Kier alpha value is -0.440. The topological polar surface area (TPSA) is 190 Å². The molecule has 11 heteroatoms. The largest absolute Gasteiger partial charge is 0.394 e. The fourth-order valence-electron chi connectivity index (χ4n) is 2.55. The van der Waals surface area contributed by atoms with Crippen molar-refractivity contribution in [3.05, 3.63) is 0 Å². The van der Waals surface area contributed by atoms with Crippen LogP contribution in [0.4, 0.5) is 0 Å². The van der Waals surface area contributed by atoms with Gasteiger partial charge in [0.1, 0.15) is 48.8 Å². The number of hydrogen-bond donors (Lipinski definition) is 8. The molecule has 0 aromatic rings. The molecule has 2 aliphatic heterocycles. The van der Waals surface area contributed by atoms with Crippen LogP contribution in [-0.2, 0) is 14.2 Å². The minimum absolute atomic E-state index is 0.651. The Balaban J connectivity index is 2.08. The summed E-state index contributed by atoms with van der Waals surface area (Å²) in [5, 5.41) is 76.7. The lowest BCUT2D eigenvalue weighted by Crippen LogP contribution is -2.64. The van der Waals surface area contributed by atoms with Crippen molar-refractivity contribution in [3.8, 4) is 0 Å². The lowest BCUT2D eigenvalue weighted by atomic mass is 9.97. The van der Waals surface area contributed by atoms with Gasteiger partial charge >= 0.3 is 0 Å². The molecule has 0 saturated carbocycles. The molecule has 2 fully saturated rings. The van der Waals surface area contributed by atoms with E-state index in [9.17, 15) is 30.6 Å². The van der Waals surface area contributed by atoms with E-state index in [4.69, 9.17) is 24.4 Å². The summed E-state index contributed by atoms with van der Waals surface area (Å²) < 4.78 is 15.1. The number of aliphatic hydroxyl groups excluding tert-OH is 8. The van der Waals surface area contributed by atoms with Crippen LogP contribution in [0.1, 0.15) is 0 Å². The highest BCUT2D eigenvalue weighted by Gasteiger charge is 2.50. The Labute approximate surface area is 130 Å². The van der Waals surface area contributed by atoms with Crippen molar-refractivity contribution in [2.24, 2.45) is 0 Å². The molecule has 136 valence electrons. The first kappa shape index (κ1) is 18.9. The lowest BCUT2D eigenvalue weighted by molar-refractivity contribution is -0.361. The molecule has 0 aromatic heterocycles. The number of hydrogen-bond acceptors (Lipinski definition) is 11. The smallest absolute Gasteiger partial charge is 0.187 e. The maximum Gasteiger partial charge on any atom is 0.187 e. The fourth-order valence-corrected chi connectivity index (χ4v) is 2.55. The predicted octanol–water partition coefficient (Wildman–Crippen LogP) is -5.40. The molecule has 0 aliphatic carbocycles. The zero-order chi connectivity index (χ0) is 17.3. The lowest BCUT2D eigenvalue weighted by Gasteiger charge is -2.44. The van der Waals surface area contributed by atoms with Gasteiger partial charge in [-0.1, -0.05) is 0 Å². The van der Waals surface area contributed by atoms with Crippen molar-refractivity contribution in [1.29, 1.82) is 0 Å². The zero-order valence-corrected chi connectivity index (χ0v) is 12.0. The quantitative estimate of drug-likeness (QED) is 0.243. The van der Waals surface area contributed by atoms with E-state index in [1.807, 2.05) is 0 Å². The van der Waals surface area contributed by atoms with Gasteiger partial charge in [-0.3, -0.25) is 0 Å². The summed E-state index contributed by atoms with van der Waals surface area (Å²) in [4.78, 5) is 0. The van der Waals surface area contributed by atoms with Gasteiger partial charge in [0.05, 0.1) is 13.2 Å². The highest BCUT2D eigenvalue weighted by molar-refractivity contribution is 4.93. The second kappa shape index (κ2) is 7.63. The molecule has 2 aliphatic rings. The van der Waals surface area contributed by atoms with Crippen molar-refractivity contribution in [3.63, 3.8) is 0 Å². The third kappa shape index (κ3) is 3.65. The summed E-state index contributed by atoms with van der Waals surface area (Å²) >= 11 is 0. The standard InChI is InChI=1S/C12H22O11/c13-1-3-6(16)8(18)10(11(20)21-3)23-12-9(19)7(17)5(15)4(2-14)22-12/h3-20H,1-2H2/t3-,4-,5-,6-,7?,8+,9+,10+,11?,12-/m1/s1. The van der Waals surface area contributed by atoms with Crippen LogP contribution in [0.2, 0.25) is 0 Å². The van der Waals surface area contributed by atoms with Crippen molar-refractivity contribution >= 4 is 0 Å². The first-order valence-electron chi connectivity index (χ1n) is 7.08. The van der Waals surface area contributed by atoms with E-state index in [2.05, 4.69) is 0 Å². The van der Waals surface area contributed by atoms with E-state index in [0.717, 1.165) is 0 Å². The molecule has 11 nitrogen and oxygen atoms in total. The second-order valence-electron chi connectivity index (χ2n) is 5.53. The number of aliphatic hydroxyl groups is 8. The molecule has 0 amide bonds. The first-order chi connectivity index (χ1) is 10.8. The minimum Gasteiger partial charge on any atom is -0.394 e. The maximum atomic E-state index is 9.94. The van der Waals surface area contributed by atoms with Gasteiger partial charge in [-0.15, -0.1) is 0 Å². The van der Waals surface area contributed by atoms with Crippen molar-refractivity contribution in [1.82, 2.24) is 0 Å². The van der Waals surface area contributed by atoms with Crippen LogP contribution < -0.4 is 0 Å². The summed E-state index contributed by atoms with van der Waals surface area (Å²) in [6.07, 6.45) is -15.6. The predicted molar refractivity (Wildman–Crippen MR) is 68.6 cm³/mol. The van der Waals surface area contributed by atoms with E-state index in [0.29, 0.717) is 0 Å². The van der Waals surface area contributed by atoms with E-state index >= 15 is 0 Å². The van der Waals surface area contributed by atoms with Crippen LogP contribution in [0, 0.1) is 0 Å². The average molecular weight is 342 g/mol. The minimum atomic E-state index is -1.75. The zero-order valence-electron chi connectivity index (χ0n) is 12.0. The molecule has 23 heavy (non-hydrogen) atoms. The van der Waals surface area contributed by atoms with Gasteiger partial charge in [0.25, 0.3) is 0 Å². The van der Waals surface area contributed by atoms with Crippen LogP contribution in [0.15, 0.2) is 0 Å². The van der Waals surface area contributed by atoms with E-state index in [1.165, 1.54) is 0 Å². The van der Waals surface area contributed by atoms with E-state index in [1.54, 1.807) is 0 Å². The Morgan fingerprint density at radius 2 is 1.17 bits per heavy atom. The third-order valence-electron chi connectivity index (χ3n) is 3.98. The molecular formula is C12H22O11. The summed E-state index contributed by atoms with van der Waals surface area (Å²) in [6.45, 7) is -1.33. The van der Waals surface area contributed by atoms with Crippen LogP contribution in [0.25, 0.3) is 0 Å². The first-order valence-corrected chi connectivity index (χ1v) is 7.08. The Morgan fingerprint density at radius 1 is 0.652 bits per heavy atom. The van der Waals surface area contributed by atoms with Gasteiger partial charge in [0.15, 0.2) is 12.6 Å². The Kier molecular flexibility index (Phi) is 6.27. The van der Waals surface area contributed by atoms with Crippen LogP contribution >= 0.6 is 0 Å². The Morgan fingerprint density at radius 3 is 1.74 bits per heavy atom. The summed E-state index contributed by atoms with van der Waals surface area (Å²) in [7, 11) is 0. The number of ether oxygens (including phenoxy) is 3. The molecule has 2 unspecified atom stereocenters. The second-order valence-corrected chi connectivity index (χ2v) is 5.53. The monoisotopic (exact) mass is 342 g/mol. The highest BCUT2D eigenvalue weighted by Crippen LogP contribution is 2.28. The average Bonchev–Trinajstić information content (AvgIpc) is 2.54. The van der Waals surface area contributed by atoms with Gasteiger partial charge in [-0.25, -0.2) is 0 Å². The summed E-state index contributed by atoms with van der Waals surface area (Å²) in [5.41, 5.74) is 0. The highest BCUT2D eigenvalue weighted by atomic mass is 16.7. The van der Waals surface area contributed by atoms with E-state index < -0.39 is 74.6 Å². The van der Waals surface area contributed by atoms with Crippen molar-refractivity contribution in [2.45, 2.75) is 61.4 Å². The van der Waals surface area contributed by atoms with Gasteiger partial charge in [-0.2, -0.15) is 0 Å². The molecule has 2 saturated heterocycles. The maximum absolute atomic E-state index is 9.94. The van der Waals surface area contributed by atoms with Crippen LogP contribution in [0.3, 0.4) is 0 Å². The van der Waals surface area contributed by atoms with E-state index in [-0.39, 0.29) is 0 Å². The van der Waals surface area contributed by atoms with Crippen molar-refractivity contribution < 1.29 is 55.1 Å². The fraction of sp³-hybridized carbons (Fsp3) is 1.00. The molecule has 0 radical (unpaired) electrons. The summed E-state index contributed by atoms with van der Waals surface area (Å²) in [5.74, 6) is 0. The van der Waals surface area contributed by atoms with Crippen LogP contribution in [0.5, 0.6) is 0 Å².